The summed E-state index contributed by atoms with van der Waals surface area (Å²) in [6.45, 7) is 4.76. The monoisotopic (exact) mass is 274 g/mol. The van der Waals surface area contributed by atoms with Crippen molar-refractivity contribution in [2.24, 2.45) is 23.7 Å². The highest BCUT2D eigenvalue weighted by atomic mass is 16.5. The van der Waals surface area contributed by atoms with Crippen LogP contribution in [-0.2, 0) is 17.8 Å². The molecular weight excluding hydrogens is 252 g/mol. The highest BCUT2D eigenvalue weighted by Crippen LogP contribution is 2.43. The van der Waals surface area contributed by atoms with Crippen molar-refractivity contribution in [3.8, 4) is 0 Å². The number of fused-ring (bicyclic) bond motifs is 2. The summed E-state index contributed by atoms with van der Waals surface area (Å²) in [6.07, 6.45) is 7.50. The number of rotatable bonds is 5. The van der Waals surface area contributed by atoms with E-state index in [9.17, 15) is 4.79 Å². The first-order valence-corrected chi connectivity index (χ1v) is 7.52. The van der Waals surface area contributed by atoms with Gasteiger partial charge in [0.25, 0.3) is 0 Å². The van der Waals surface area contributed by atoms with Gasteiger partial charge in [0.05, 0.1) is 6.54 Å². The second-order valence-corrected chi connectivity index (χ2v) is 6.49. The maximum Gasteiger partial charge on any atom is 0.224 e. The molecule has 3 atom stereocenters. The van der Waals surface area contributed by atoms with E-state index in [1.807, 2.05) is 6.07 Å². The average Bonchev–Trinajstić information content (AvgIpc) is 3.11. The maximum absolute atomic E-state index is 12.2. The third-order valence-corrected chi connectivity index (χ3v) is 4.28. The first-order valence-electron chi connectivity index (χ1n) is 7.52. The van der Waals surface area contributed by atoms with Gasteiger partial charge >= 0.3 is 0 Å². The molecule has 20 heavy (non-hydrogen) atoms. The van der Waals surface area contributed by atoms with Gasteiger partial charge in [0.2, 0.25) is 5.91 Å². The van der Waals surface area contributed by atoms with Gasteiger partial charge in [-0.1, -0.05) is 31.2 Å². The second kappa shape index (κ2) is 5.43. The standard InChI is InChI=1S/C16H22N2O2/c1-10(2)5-14-8-13(18-20-14)9-17-16(19)15-7-11-3-4-12(15)6-11/h3-4,8,10-12,15H,5-7,9H2,1-2H3,(H,17,19)/t11-,12+,15-/m0/s1. The molecule has 0 aliphatic heterocycles. The number of nitrogens with zero attached hydrogens (tertiary/aromatic N) is 1. The number of hydrogen-bond donors (Lipinski definition) is 1. The summed E-state index contributed by atoms with van der Waals surface area (Å²) >= 11 is 0. The fourth-order valence-electron chi connectivity index (χ4n) is 3.33. The van der Waals surface area contributed by atoms with E-state index in [-0.39, 0.29) is 11.8 Å². The van der Waals surface area contributed by atoms with Crippen LogP contribution in [0, 0.1) is 23.7 Å². The number of aromatic nitrogens is 1. The third kappa shape index (κ3) is 2.79. The van der Waals surface area contributed by atoms with Crippen molar-refractivity contribution in [3.05, 3.63) is 29.7 Å². The van der Waals surface area contributed by atoms with Crippen LogP contribution in [0.2, 0.25) is 0 Å². The van der Waals surface area contributed by atoms with Crippen LogP contribution in [0.4, 0.5) is 0 Å². The Hall–Kier alpha value is -1.58. The Morgan fingerprint density at radius 2 is 2.30 bits per heavy atom. The van der Waals surface area contributed by atoms with Crippen molar-refractivity contribution >= 4 is 5.91 Å². The lowest BCUT2D eigenvalue weighted by Gasteiger charge is -2.16. The van der Waals surface area contributed by atoms with E-state index in [1.165, 1.54) is 0 Å². The molecule has 1 N–H and O–H groups in total. The van der Waals surface area contributed by atoms with Crippen molar-refractivity contribution < 1.29 is 9.32 Å². The summed E-state index contributed by atoms with van der Waals surface area (Å²) in [5.41, 5.74) is 0.813. The molecule has 2 bridgehead atoms. The molecule has 1 aromatic rings. The minimum absolute atomic E-state index is 0.159. The molecule has 4 nitrogen and oxygen atoms in total. The minimum atomic E-state index is 0.159. The van der Waals surface area contributed by atoms with Gasteiger partial charge in [-0.3, -0.25) is 4.79 Å². The molecule has 1 fully saturated rings. The first kappa shape index (κ1) is 13.4. The summed E-state index contributed by atoms with van der Waals surface area (Å²) in [5.74, 6) is 2.84. The minimum Gasteiger partial charge on any atom is -0.361 e. The molecule has 1 heterocycles. The topological polar surface area (TPSA) is 55.1 Å². The third-order valence-electron chi connectivity index (χ3n) is 4.28. The molecule has 2 aliphatic rings. The zero-order chi connectivity index (χ0) is 14.1. The van der Waals surface area contributed by atoms with Crippen LogP contribution in [0.25, 0.3) is 0 Å². The highest BCUT2D eigenvalue weighted by molar-refractivity contribution is 5.79. The summed E-state index contributed by atoms with van der Waals surface area (Å²) in [4.78, 5) is 12.2. The van der Waals surface area contributed by atoms with Crippen LogP contribution in [0.3, 0.4) is 0 Å². The Kier molecular flexibility index (Phi) is 3.64. The van der Waals surface area contributed by atoms with Crippen molar-refractivity contribution in [2.75, 3.05) is 0 Å². The summed E-state index contributed by atoms with van der Waals surface area (Å²) in [6, 6.07) is 1.95. The number of hydrogen-bond acceptors (Lipinski definition) is 3. The zero-order valence-electron chi connectivity index (χ0n) is 12.1. The van der Waals surface area contributed by atoms with E-state index in [2.05, 4.69) is 36.5 Å². The molecule has 0 unspecified atom stereocenters. The Bertz CT molecular complexity index is 518. The Morgan fingerprint density at radius 3 is 2.95 bits per heavy atom. The molecule has 0 saturated heterocycles. The number of allylic oxidation sites excluding steroid dienone is 2. The molecule has 0 aromatic carbocycles. The van der Waals surface area contributed by atoms with Crippen LogP contribution < -0.4 is 5.32 Å². The predicted molar refractivity (Wildman–Crippen MR) is 75.7 cm³/mol. The van der Waals surface area contributed by atoms with E-state index in [4.69, 9.17) is 4.52 Å². The van der Waals surface area contributed by atoms with Crippen molar-refractivity contribution in [1.82, 2.24) is 10.5 Å². The lowest BCUT2D eigenvalue weighted by molar-refractivity contribution is -0.125. The zero-order valence-corrected chi connectivity index (χ0v) is 12.1. The van der Waals surface area contributed by atoms with Crippen LogP contribution in [0.1, 0.15) is 38.1 Å². The van der Waals surface area contributed by atoms with Crippen LogP contribution in [0.15, 0.2) is 22.7 Å². The van der Waals surface area contributed by atoms with E-state index < -0.39 is 0 Å². The molecular formula is C16H22N2O2. The van der Waals surface area contributed by atoms with Gasteiger partial charge in [0, 0.05) is 18.4 Å². The van der Waals surface area contributed by atoms with Gasteiger partial charge in [-0.05, 0) is 30.6 Å². The van der Waals surface area contributed by atoms with E-state index in [0.29, 0.717) is 24.3 Å². The highest BCUT2D eigenvalue weighted by Gasteiger charge is 2.39. The first-order chi connectivity index (χ1) is 9.61. The molecule has 4 heteroatoms. The van der Waals surface area contributed by atoms with Crippen LogP contribution >= 0.6 is 0 Å². The van der Waals surface area contributed by atoms with Crippen molar-refractivity contribution in [3.63, 3.8) is 0 Å². The van der Waals surface area contributed by atoms with Crippen molar-refractivity contribution in [2.45, 2.75) is 39.7 Å². The Labute approximate surface area is 119 Å². The normalized spacial score (nSPS) is 27.4. The van der Waals surface area contributed by atoms with Gasteiger partial charge in [-0.25, -0.2) is 0 Å². The van der Waals surface area contributed by atoms with Gasteiger partial charge in [0.1, 0.15) is 11.5 Å². The van der Waals surface area contributed by atoms with Gasteiger partial charge < -0.3 is 9.84 Å². The van der Waals surface area contributed by atoms with Crippen LogP contribution in [-0.4, -0.2) is 11.1 Å². The molecule has 0 radical (unpaired) electrons. The number of nitrogens with one attached hydrogen (secondary N) is 1. The largest absolute Gasteiger partial charge is 0.361 e. The van der Waals surface area contributed by atoms with E-state index in [1.54, 1.807) is 0 Å². The lowest BCUT2D eigenvalue weighted by Crippen LogP contribution is -2.32. The lowest BCUT2D eigenvalue weighted by atomic mass is 9.93. The Balaban J connectivity index is 1.50. The molecule has 3 rings (SSSR count). The number of carbonyl (C=O) groups is 1. The maximum atomic E-state index is 12.2. The number of carbonyl (C=O) groups excluding carboxylic acids is 1. The van der Waals surface area contributed by atoms with Crippen LogP contribution in [0.5, 0.6) is 0 Å². The summed E-state index contributed by atoms with van der Waals surface area (Å²) in [7, 11) is 0. The van der Waals surface area contributed by atoms with Gasteiger partial charge in [0.15, 0.2) is 0 Å². The van der Waals surface area contributed by atoms with Crippen molar-refractivity contribution in [1.29, 1.82) is 0 Å². The number of amides is 1. The summed E-state index contributed by atoms with van der Waals surface area (Å²) in [5, 5.41) is 7.01. The molecule has 108 valence electrons. The van der Waals surface area contributed by atoms with Gasteiger partial charge in [-0.15, -0.1) is 0 Å². The SMILES string of the molecule is CC(C)Cc1cc(CNC(=O)[C@H]2C[C@H]3C=C[C@@H]2C3)no1. The van der Waals surface area contributed by atoms with E-state index >= 15 is 0 Å². The fraction of sp³-hybridized carbons (Fsp3) is 0.625. The van der Waals surface area contributed by atoms with E-state index in [0.717, 1.165) is 30.7 Å². The van der Waals surface area contributed by atoms with Gasteiger partial charge in [-0.2, -0.15) is 0 Å². The summed E-state index contributed by atoms with van der Waals surface area (Å²) < 4.78 is 5.27. The molecule has 1 saturated carbocycles. The second-order valence-electron chi connectivity index (χ2n) is 6.49. The Morgan fingerprint density at radius 1 is 1.45 bits per heavy atom. The quantitative estimate of drug-likeness (QED) is 0.840. The average molecular weight is 274 g/mol. The fourth-order valence-corrected chi connectivity index (χ4v) is 3.33. The predicted octanol–water partition coefficient (Wildman–Crippen LogP) is 2.70. The molecule has 1 aromatic heterocycles. The molecule has 2 aliphatic carbocycles. The molecule has 0 spiro atoms. The molecule has 1 amide bonds. The smallest absolute Gasteiger partial charge is 0.224 e.